The fourth-order valence-corrected chi connectivity index (χ4v) is 16.4. The Labute approximate surface area is 448 Å². The van der Waals surface area contributed by atoms with E-state index in [9.17, 15) is 76.0 Å². The van der Waals surface area contributed by atoms with Gasteiger partial charge in [-0.1, -0.05) is 60.1 Å². The van der Waals surface area contributed by atoms with E-state index in [2.05, 4.69) is 54.5 Å². The van der Waals surface area contributed by atoms with E-state index in [1.165, 1.54) is 12.5 Å². The summed E-state index contributed by atoms with van der Waals surface area (Å²) in [6.45, 7) is 15.7. The zero-order valence-corrected chi connectivity index (χ0v) is 45.3. The summed E-state index contributed by atoms with van der Waals surface area (Å²) in [5.74, 6) is -2.09. The molecule has 0 aromatic carbocycles. The van der Waals surface area contributed by atoms with Crippen molar-refractivity contribution >= 4 is 11.9 Å². The quantitative estimate of drug-likeness (QED) is 0.0676. The van der Waals surface area contributed by atoms with Gasteiger partial charge in [-0.15, -0.1) is 0 Å². The Hall–Kier alpha value is -2.08. The molecule has 4 heterocycles. The van der Waals surface area contributed by atoms with E-state index in [4.69, 9.17) is 37.9 Å². The van der Waals surface area contributed by atoms with Crippen molar-refractivity contribution in [1.29, 1.82) is 0 Å². The maximum Gasteiger partial charge on any atom is 0.335 e. The van der Waals surface area contributed by atoms with Gasteiger partial charge in [0.25, 0.3) is 0 Å². The lowest BCUT2D eigenvalue weighted by Gasteiger charge is -2.71. The molecule has 440 valence electrons. The number of hydrogen-bond donors (Lipinski definition) is 13. The zero-order chi connectivity index (χ0) is 56.4. The number of aliphatic hydroxyl groups is 12. The molecule has 28 atom stereocenters. The molecule has 4 saturated carbocycles. The van der Waals surface area contributed by atoms with Gasteiger partial charge >= 0.3 is 11.9 Å². The summed E-state index contributed by atoms with van der Waals surface area (Å²) in [6, 6.07) is 0. The van der Waals surface area contributed by atoms with Crippen LogP contribution in [0.1, 0.15) is 120 Å². The minimum absolute atomic E-state index is 0.0502. The van der Waals surface area contributed by atoms with Crippen LogP contribution >= 0.6 is 0 Å². The van der Waals surface area contributed by atoms with Crippen LogP contribution < -0.4 is 0 Å². The smallest absolute Gasteiger partial charge is 0.335 e. The predicted octanol–water partition coefficient (Wildman–Crippen LogP) is -0.915. The Morgan fingerprint density at radius 2 is 1.17 bits per heavy atom. The van der Waals surface area contributed by atoms with Crippen LogP contribution in [0.2, 0.25) is 0 Å². The van der Waals surface area contributed by atoms with Crippen molar-refractivity contribution in [2.24, 2.45) is 50.2 Å². The topological polar surface area (TPSA) is 371 Å². The molecule has 0 bridgehead atoms. The van der Waals surface area contributed by atoms with Gasteiger partial charge in [-0.25, -0.2) is 4.79 Å². The number of carboxylic acids is 1. The maximum atomic E-state index is 14.8. The average Bonchev–Trinajstić information content (AvgIpc) is 3.45. The van der Waals surface area contributed by atoms with E-state index < -0.39 is 165 Å². The first kappa shape index (κ1) is 59.5. The molecule has 4 aliphatic heterocycles. The Balaban J connectivity index is 0.940. The number of esters is 1. The second-order valence-corrected chi connectivity index (χ2v) is 26.3. The van der Waals surface area contributed by atoms with Crippen LogP contribution in [0.15, 0.2) is 11.6 Å². The molecule has 0 aromatic heterocycles. The van der Waals surface area contributed by atoms with Crippen molar-refractivity contribution < 1.29 is 114 Å². The molecule has 4 saturated heterocycles. The first-order valence-electron chi connectivity index (χ1n) is 27.7. The first-order valence-corrected chi connectivity index (χ1v) is 27.7. The molecular weight excluding hydrogens is 1020 g/mol. The van der Waals surface area contributed by atoms with Gasteiger partial charge in [0.05, 0.1) is 30.8 Å². The number of rotatable bonds is 11. The summed E-state index contributed by atoms with van der Waals surface area (Å²) >= 11 is 0. The van der Waals surface area contributed by atoms with Crippen molar-refractivity contribution in [1.82, 2.24) is 0 Å². The highest BCUT2D eigenvalue weighted by Gasteiger charge is 2.70. The molecule has 13 N–H and O–H groups in total. The molecule has 23 heteroatoms. The first-order chi connectivity index (χ1) is 35.9. The number of carboxylic acid groups (broad SMARTS) is 1. The Kier molecular flexibility index (Phi) is 16.5. The van der Waals surface area contributed by atoms with Gasteiger partial charge in [-0.2, -0.15) is 0 Å². The van der Waals surface area contributed by atoms with Gasteiger partial charge in [0.1, 0.15) is 85.5 Å². The van der Waals surface area contributed by atoms with E-state index in [1.807, 2.05) is 0 Å². The monoisotopic (exact) mass is 1100 g/mol. The molecule has 0 radical (unpaired) electrons. The molecule has 0 spiro atoms. The lowest BCUT2D eigenvalue weighted by atomic mass is 9.33. The van der Waals surface area contributed by atoms with E-state index in [-0.39, 0.29) is 39.4 Å². The Morgan fingerprint density at radius 1 is 0.584 bits per heavy atom. The number of hydrogen-bond acceptors (Lipinski definition) is 22. The highest BCUT2D eigenvalue weighted by atomic mass is 16.8. The number of aliphatic hydroxyl groups excluding tert-OH is 12. The SMILES string of the molecule is C[C@@H]1O[C@@H](O[C@@H]2[C@@H](O)[C@H](O[C@H]3CC[C@]4(C)[C@H]5CC=C6[C@@H]7CC(C)(C)CC[C@]7(C(=O)OC7O[C@H](CO)[C@@H](O)[C@H](O)[C@H]7O)CC[C@@]6(C)[C@]5(C)CC[C@H]4C3(C)C)O[C@H](C(=O)O)[C@H]2O)[C@H](O[C@@H]2O[C@H](CO)[C@@H](O)[C@H](O)[C@H]2O)[C@H](O)[C@H]1O. The van der Waals surface area contributed by atoms with Gasteiger partial charge in [0.2, 0.25) is 6.29 Å². The molecule has 8 fully saturated rings. The molecule has 9 aliphatic rings. The number of ether oxygens (including phenoxy) is 8. The number of carbonyl (C=O) groups is 2. The number of fused-ring (bicyclic) bond motifs is 7. The lowest BCUT2D eigenvalue weighted by molar-refractivity contribution is -0.388. The molecule has 23 nitrogen and oxygen atoms in total. The molecule has 0 aromatic rings. The average molecular weight is 1100 g/mol. The Morgan fingerprint density at radius 3 is 1.79 bits per heavy atom. The van der Waals surface area contributed by atoms with Crippen LogP contribution in [0.4, 0.5) is 0 Å². The van der Waals surface area contributed by atoms with Gasteiger partial charge < -0.3 is 104 Å². The van der Waals surface area contributed by atoms with Crippen molar-refractivity contribution in [2.45, 2.75) is 249 Å². The lowest BCUT2D eigenvalue weighted by Crippen LogP contribution is -2.67. The highest BCUT2D eigenvalue weighted by molar-refractivity contribution is 5.79. The van der Waals surface area contributed by atoms with Crippen LogP contribution in [-0.2, 0) is 47.5 Å². The highest BCUT2D eigenvalue weighted by Crippen LogP contribution is 2.76. The van der Waals surface area contributed by atoms with Crippen LogP contribution in [0.25, 0.3) is 0 Å². The third kappa shape index (κ3) is 9.66. The number of allylic oxidation sites excluding steroid dienone is 2. The standard InChI is InChI=1S/C54H86O23/c1-22-30(57)35(62)42(76-44-36(63)33(60)31(58)25(20-55)71-44)47(70-22)74-40-38(65)41(43(67)68)75-46(39(40)66)73-29-12-13-51(6)27(50(29,4)5)11-14-53(8)28(51)10-9-23-24-19-49(2,3)15-17-54(24,18-16-52(23,53)7)48(69)77-45-37(64)34(61)32(59)26(21-56)72-45/h9,22,24-42,44-47,55-66H,10-21H2,1-8H3,(H,67,68)/t22-,24-,25+,26+,27-,28+,29-,30-,31+,32+,33-,34-,35+,36+,37+,38-,39+,40-,41-,42+,44-,45?,46+,47-,51-,52+,53+,54-/m0/s1. The van der Waals surface area contributed by atoms with Gasteiger partial charge in [0, 0.05) is 0 Å². The summed E-state index contributed by atoms with van der Waals surface area (Å²) in [5.41, 5.74) is -1.23. The van der Waals surface area contributed by atoms with Gasteiger partial charge in [-0.05, 0) is 116 Å². The fraction of sp³-hybridized carbons (Fsp3) is 0.926. The molecule has 5 aliphatic carbocycles. The van der Waals surface area contributed by atoms with E-state index in [0.29, 0.717) is 32.1 Å². The minimum atomic E-state index is -2.06. The van der Waals surface area contributed by atoms with Gasteiger partial charge in [0.15, 0.2) is 25.0 Å². The van der Waals surface area contributed by atoms with Crippen molar-refractivity contribution in [2.75, 3.05) is 13.2 Å². The minimum Gasteiger partial charge on any atom is -0.479 e. The summed E-state index contributed by atoms with van der Waals surface area (Å²) in [4.78, 5) is 27.5. The normalized spacial score (nSPS) is 53.4. The summed E-state index contributed by atoms with van der Waals surface area (Å²) in [5, 5.41) is 139. The van der Waals surface area contributed by atoms with Crippen LogP contribution in [0.3, 0.4) is 0 Å². The van der Waals surface area contributed by atoms with E-state index in [0.717, 1.165) is 32.1 Å². The summed E-state index contributed by atoms with van der Waals surface area (Å²) in [7, 11) is 0. The number of carbonyl (C=O) groups excluding carboxylic acids is 1. The maximum absolute atomic E-state index is 14.8. The van der Waals surface area contributed by atoms with Crippen LogP contribution in [0.5, 0.6) is 0 Å². The predicted molar refractivity (Wildman–Crippen MR) is 262 cm³/mol. The zero-order valence-electron chi connectivity index (χ0n) is 45.3. The largest absolute Gasteiger partial charge is 0.479 e. The van der Waals surface area contributed by atoms with Crippen molar-refractivity contribution in [3.63, 3.8) is 0 Å². The van der Waals surface area contributed by atoms with Crippen LogP contribution in [0, 0.1) is 50.2 Å². The second kappa shape index (κ2) is 21.3. The number of aliphatic carboxylic acids is 1. The third-order valence-electron chi connectivity index (χ3n) is 21.4. The van der Waals surface area contributed by atoms with Crippen molar-refractivity contribution in [3.05, 3.63) is 11.6 Å². The Bertz CT molecular complexity index is 2180. The fourth-order valence-electron chi connectivity index (χ4n) is 16.4. The third-order valence-corrected chi connectivity index (χ3v) is 21.4. The molecular formula is C54H86O23. The van der Waals surface area contributed by atoms with Crippen molar-refractivity contribution in [3.8, 4) is 0 Å². The molecule has 0 amide bonds. The summed E-state index contributed by atoms with van der Waals surface area (Å²) < 4.78 is 47.5. The molecule has 77 heavy (non-hydrogen) atoms. The van der Waals surface area contributed by atoms with E-state index in [1.54, 1.807) is 0 Å². The molecule has 1 unspecified atom stereocenters. The molecule has 9 rings (SSSR count). The van der Waals surface area contributed by atoms with E-state index >= 15 is 0 Å². The van der Waals surface area contributed by atoms with Crippen LogP contribution in [-0.4, -0.2) is 220 Å². The summed E-state index contributed by atoms with van der Waals surface area (Å²) in [6.07, 6.45) is -25.8. The second-order valence-electron chi connectivity index (χ2n) is 26.3. The van der Waals surface area contributed by atoms with Gasteiger partial charge in [-0.3, -0.25) is 4.79 Å².